The summed E-state index contributed by atoms with van der Waals surface area (Å²) in [6.45, 7) is 2.59. The average molecular weight is 240 g/mol. The van der Waals surface area contributed by atoms with Crippen LogP contribution >= 0.6 is 0 Å². The number of amides is 1. The third kappa shape index (κ3) is 5.33. The van der Waals surface area contributed by atoms with Crippen LogP contribution in [-0.2, 0) is 4.79 Å². The molecule has 17 heavy (non-hydrogen) atoms. The molecule has 98 valence electrons. The number of carbonyl (C=O) groups is 1. The quantitative estimate of drug-likeness (QED) is 0.698. The van der Waals surface area contributed by atoms with Gasteiger partial charge in [-0.3, -0.25) is 4.79 Å². The smallest absolute Gasteiger partial charge is 0.223 e. The van der Waals surface area contributed by atoms with E-state index in [1.54, 1.807) is 6.92 Å². The van der Waals surface area contributed by atoms with E-state index >= 15 is 0 Å². The molecule has 0 aromatic carbocycles. The molecule has 0 spiro atoms. The molecule has 1 aliphatic rings. The molecule has 1 amide bonds. The molecule has 1 rings (SSSR count). The Morgan fingerprint density at radius 2 is 2.24 bits per heavy atom. The third-order valence-corrected chi connectivity index (χ3v) is 2.94. The Kier molecular flexibility index (Phi) is 5.15. The monoisotopic (exact) mass is 240 g/mol. The molecule has 0 radical (unpaired) electrons. The molecule has 0 bridgehead atoms. The molecule has 4 heteroatoms. The summed E-state index contributed by atoms with van der Waals surface area (Å²) in [6, 6.07) is 0. The number of rotatable bonds is 5. The van der Waals surface area contributed by atoms with Crippen molar-refractivity contribution in [2.75, 3.05) is 27.2 Å². The fourth-order valence-corrected chi connectivity index (χ4v) is 2.19. The highest BCUT2D eigenvalue weighted by atomic mass is 16.3. The lowest BCUT2D eigenvalue weighted by Gasteiger charge is -2.28. The predicted octanol–water partition coefficient (Wildman–Crippen LogP) is 0.771. The molecule has 0 aromatic rings. The van der Waals surface area contributed by atoms with Crippen LogP contribution in [-0.4, -0.2) is 48.7 Å². The van der Waals surface area contributed by atoms with Crippen molar-refractivity contribution in [1.82, 2.24) is 10.2 Å². The minimum Gasteiger partial charge on any atom is -0.387 e. The van der Waals surface area contributed by atoms with Crippen LogP contribution < -0.4 is 5.32 Å². The summed E-state index contributed by atoms with van der Waals surface area (Å²) in [6.07, 6.45) is 6.89. The Hall–Kier alpha value is -0.870. The van der Waals surface area contributed by atoms with Crippen molar-refractivity contribution in [3.05, 3.63) is 12.2 Å². The van der Waals surface area contributed by atoms with Gasteiger partial charge >= 0.3 is 0 Å². The SMILES string of the molecule is CN(C)CC(C)(O)CNC(=O)C1CC=CCC1. The predicted molar refractivity (Wildman–Crippen MR) is 68.7 cm³/mol. The summed E-state index contributed by atoms with van der Waals surface area (Å²) in [4.78, 5) is 13.8. The average Bonchev–Trinajstić information content (AvgIpc) is 2.25. The van der Waals surface area contributed by atoms with E-state index in [0.717, 1.165) is 19.3 Å². The number of nitrogens with one attached hydrogen (secondary N) is 1. The maximum absolute atomic E-state index is 11.9. The molecule has 0 saturated carbocycles. The maximum atomic E-state index is 11.9. The van der Waals surface area contributed by atoms with Crippen molar-refractivity contribution >= 4 is 5.91 Å². The molecular weight excluding hydrogens is 216 g/mol. The molecular formula is C13H24N2O2. The van der Waals surface area contributed by atoms with Gasteiger partial charge in [0.15, 0.2) is 0 Å². The van der Waals surface area contributed by atoms with Crippen LogP contribution in [0.5, 0.6) is 0 Å². The second kappa shape index (κ2) is 6.17. The normalized spacial score (nSPS) is 23.5. The fourth-order valence-electron chi connectivity index (χ4n) is 2.19. The lowest BCUT2D eigenvalue weighted by Crippen LogP contribution is -2.48. The van der Waals surface area contributed by atoms with Crippen LogP contribution in [0.1, 0.15) is 26.2 Å². The van der Waals surface area contributed by atoms with Gasteiger partial charge in [-0.1, -0.05) is 12.2 Å². The molecule has 4 nitrogen and oxygen atoms in total. The molecule has 0 heterocycles. The highest BCUT2D eigenvalue weighted by molar-refractivity contribution is 5.79. The number of likely N-dealkylation sites (N-methyl/N-ethyl adjacent to an activating group) is 1. The van der Waals surface area contributed by atoms with E-state index in [0.29, 0.717) is 13.1 Å². The van der Waals surface area contributed by atoms with E-state index in [1.807, 2.05) is 19.0 Å². The Bertz CT molecular complexity index is 285. The van der Waals surface area contributed by atoms with Crippen molar-refractivity contribution in [3.63, 3.8) is 0 Å². The number of nitrogens with zero attached hydrogens (tertiary/aromatic N) is 1. The second-order valence-corrected chi connectivity index (χ2v) is 5.43. The van der Waals surface area contributed by atoms with Gasteiger partial charge in [-0.25, -0.2) is 0 Å². The van der Waals surface area contributed by atoms with Gasteiger partial charge in [0.25, 0.3) is 0 Å². The first-order chi connectivity index (χ1) is 7.91. The van der Waals surface area contributed by atoms with E-state index in [9.17, 15) is 9.90 Å². The molecule has 2 atom stereocenters. The number of aliphatic hydroxyl groups is 1. The first kappa shape index (κ1) is 14.2. The van der Waals surface area contributed by atoms with Crippen molar-refractivity contribution in [3.8, 4) is 0 Å². The van der Waals surface area contributed by atoms with Gasteiger partial charge in [0, 0.05) is 19.0 Å². The lowest BCUT2D eigenvalue weighted by molar-refractivity contribution is -0.126. The Balaban J connectivity index is 2.34. The molecule has 0 aliphatic heterocycles. The summed E-state index contributed by atoms with van der Waals surface area (Å²) < 4.78 is 0. The Labute approximate surface area is 104 Å². The minimum absolute atomic E-state index is 0.0633. The van der Waals surface area contributed by atoms with Crippen LogP contribution in [0.2, 0.25) is 0 Å². The van der Waals surface area contributed by atoms with Crippen molar-refractivity contribution in [2.45, 2.75) is 31.8 Å². The van der Waals surface area contributed by atoms with Gasteiger partial charge in [-0.15, -0.1) is 0 Å². The third-order valence-electron chi connectivity index (χ3n) is 2.94. The van der Waals surface area contributed by atoms with Crippen molar-refractivity contribution in [1.29, 1.82) is 0 Å². The van der Waals surface area contributed by atoms with Gasteiger partial charge < -0.3 is 15.3 Å². The molecule has 0 saturated heterocycles. The number of hydrogen-bond acceptors (Lipinski definition) is 3. The first-order valence-electron chi connectivity index (χ1n) is 6.20. The van der Waals surface area contributed by atoms with Gasteiger partial charge in [0.2, 0.25) is 5.91 Å². The van der Waals surface area contributed by atoms with Crippen molar-refractivity contribution < 1.29 is 9.90 Å². The molecule has 0 fully saturated rings. The zero-order valence-electron chi connectivity index (χ0n) is 11.1. The zero-order chi connectivity index (χ0) is 12.9. The standard InChI is InChI=1S/C13H24N2O2/c1-13(17,10-15(2)3)9-14-12(16)11-7-5-4-6-8-11/h4-5,11,17H,6-10H2,1-3H3,(H,14,16). The number of hydrogen-bond donors (Lipinski definition) is 2. The Morgan fingerprint density at radius 3 is 2.76 bits per heavy atom. The van der Waals surface area contributed by atoms with Crippen LogP contribution in [0.4, 0.5) is 0 Å². The first-order valence-corrected chi connectivity index (χ1v) is 6.20. The van der Waals surface area contributed by atoms with Gasteiger partial charge in [-0.2, -0.15) is 0 Å². The number of allylic oxidation sites excluding steroid dienone is 2. The van der Waals surface area contributed by atoms with Gasteiger partial charge in [0.1, 0.15) is 0 Å². The van der Waals surface area contributed by atoms with Crippen LogP contribution in [0, 0.1) is 5.92 Å². The fraction of sp³-hybridized carbons (Fsp3) is 0.769. The van der Waals surface area contributed by atoms with E-state index < -0.39 is 5.60 Å². The van der Waals surface area contributed by atoms with Crippen LogP contribution in [0.3, 0.4) is 0 Å². The Morgan fingerprint density at radius 1 is 1.53 bits per heavy atom. The zero-order valence-corrected chi connectivity index (χ0v) is 11.1. The highest BCUT2D eigenvalue weighted by Gasteiger charge is 2.24. The number of carbonyl (C=O) groups excluding carboxylic acids is 1. The minimum atomic E-state index is -0.871. The molecule has 1 aliphatic carbocycles. The maximum Gasteiger partial charge on any atom is 0.223 e. The van der Waals surface area contributed by atoms with E-state index in [2.05, 4.69) is 17.5 Å². The summed E-state index contributed by atoms with van der Waals surface area (Å²) in [5, 5.41) is 12.9. The second-order valence-electron chi connectivity index (χ2n) is 5.43. The van der Waals surface area contributed by atoms with E-state index in [-0.39, 0.29) is 11.8 Å². The lowest BCUT2D eigenvalue weighted by atomic mass is 9.93. The largest absolute Gasteiger partial charge is 0.387 e. The summed E-state index contributed by atoms with van der Waals surface area (Å²) >= 11 is 0. The molecule has 2 N–H and O–H groups in total. The van der Waals surface area contributed by atoms with Gasteiger partial charge in [-0.05, 0) is 40.3 Å². The summed E-state index contributed by atoms with van der Waals surface area (Å²) in [5.74, 6) is 0.142. The molecule has 2 unspecified atom stereocenters. The van der Waals surface area contributed by atoms with Gasteiger partial charge in [0.05, 0.1) is 5.60 Å². The molecule has 0 aromatic heterocycles. The van der Waals surface area contributed by atoms with E-state index in [1.165, 1.54) is 0 Å². The summed E-state index contributed by atoms with van der Waals surface area (Å²) in [7, 11) is 3.81. The highest BCUT2D eigenvalue weighted by Crippen LogP contribution is 2.18. The topological polar surface area (TPSA) is 52.6 Å². The van der Waals surface area contributed by atoms with Crippen molar-refractivity contribution in [2.24, 2.45) is 5.92 Å². The van der Waals surface area contributed by atoms with Crippen LogP contribution in [0.25, 0.3) is 0 Å². The van der Waals surface area contributed by atoms with E-state index in [4.69, 9.17) is 0 Å². The summed E-state index contributed by atoms with van der Waals surface area (Å²) in [5.41, 5.74) is -0.871. The van der Waals surface area contributed by atoms with Crippen LogP contribution in [0.15, 0.2) is 12.2 Å².